The van der Waals surface area contributed by atoms with Crippen molar-refractivity contribution in [3.05, 3.63) is 29.8 Å². The Morgan fingerprint density at radius 1 is 1.24 bits per heavy atom. The maximum absolute atomic E-state index is 11.5. The van der Waals surface area contributed by atoms with E-state index in [1.165, 1.54) is 11.8 Å². The first-order chi connectivity index (χ1) is 8.17. The topological polar surface area (TPSA) is 46.2 Å². The highest BCUT2D eigenvalue weighted by atomic mass is 32.2. The fourth-order valence-corrected chi connectivity index (χ4v) is 2.10. The highest BCUT2D eigenvalue weighted by molar-refractivity contribution is 8.13. The van der Waals surface area contributed by atoms with Crippen LogP contribution >= 0.6 is 11.8 Å². The summed E-state index contributed by atoms with van der Waals surface area (Å²) in [7, 11) is 1.60. The first kappa shape index (κ1) is 13.8. The molecule has 0 saturated heterocycles. The van der Waals surface area contributed by atoms with E-state index in [0.29, 0.717) is 12.0 Å². The molecule has 0 aliphatic heterocycles. The lowest BCUT2D eigenvalue weighted by Gasteiger charge is -2.02. The number of carbonyl (C=O) groups excluding carboxylic acids is 2. The molecule has 0 aromatic heterocycles. The van der Waals surface area contributed by atoms with Crippen LogP contribution < -0.4 is 5.32 Å². The van der Waals surface area contributed by atoms with Gasteiger partial charge in [0.25, 0.3) is 5.91 Å². The molecule has 0 radical (unpaired) electrons. The minimum atomic E-state index is -0.112. The molecule has 0 bridgehead atoms. The van der Waals surface area contributed by atoms with Crippen molar-refractivity contribution in [3.8, 4) is 0 Å². The zero-order chi connectivity index (χ0) is 12.7. The maximum atomic E-state index is 11.5. The maximum Gasteiger partial charge on any atom is 0.251 e. The van der Waals surface area contributed by atoms with Gasteiger partial charge in [-0.25, -0.2) is 0 Å². The van der Waals surface area contributed by atoms with Gasteiger partial charge in [0.2, 0.25) is 0 Å². The third-order valence-electron chi connectivity index (χ3n) is 2.31. The van der Waals surface area contributed by atoms with E-state index < -0.39 is 0 Å². The number of nitrogens with one attached hydrogen (secondary N) is 1. The third-order valence-corrected chi connectivity index (χ3v) is 3.25. The van der Waals surface area contributed by atoms with Crippen molar-refractivity contribution in [3.63, 3.8) is 0 Å². The summed E-state index contributed by atoms with van der Waals surface area (Å²) in [6.45, 7) is 2.07. The molecule has 0 atom stereocenters. The summed E-state index contributed by atoms with van der Waals surface area (Å²) in [6, 6.07) is 7.07. The zero-order valence-corrected chi connectivity index (χ0v) is 11.0. The van der Waals surface area contributed by atoms with Crippen molar-refractivity contribution in [1.82, 2.24) is 5.32 Å². The highest BCUT2D eigenvalue weighted by Gasteiger charge is 2.06. The number of carbonyl (C=O) groups is 2. The van der Waals surface area contributed by atoms with E-state index in [9.17, 15) is 9.59 Å². The lowest BCUT2D eigenvalue weighted by atomic mass is 10.2. The number of benzene rings is 1. The van der Waals surface area contributed by atoms with Gasteiger partial charge in [0.05, 0.1) is 0 Å². The molecule has 4 heteroatoms. The standard InChI is InChI=1S/C13H17NO2S/c1-3-4-5-12(15)17-11-8-6-10(7-9-11)13(16)14-2/h6-9H,3-5H2,1-2H3,(H,14,16). The molecule has 0 heterocycles. The van der Waals surface area contributed by atoms with Gasteiger partial charge in [-0.1, -0.05) is 25.1 Å². The summed E-state index contributed by atoms with van der Waals surface area (Å²) in [5, 5.41) is 2.74. The van der Waals surface area contributed by atoms with Gasteiger partial charge < -0.3 is 5.32 Å². The van der Waals surface area contributed by atoms with E-state index in [1.807, 2.05) is 0 Å². The molecule has 1 N–H and O–H groups in total. The first-order valence-corrected chi connectivity index (χ1v) is 6.52. The van der Waals surface area contributed by atoms with Crippen LogP contribution in [0.15, 0.2) is 29.2 Å². The minimum absolute atomic E-state index is 0.112. The van der Waals surface area contributed by atoms with Crippen molar-refractivity contribution in [2.75, 3.05) is 7.05 Å². The molecule has 1 rings (SSSR count). The summed E-state index contributed by atoms with van der Waals surface area (Å²) < 4.78 is 0. The molecule has 0 unspecified atom stereocenters. The molecule has 0 aliphatic carbocycles. The Balaban J connectivity index is 2.56. The monoisotopic (exact) mass is 251 g/mol. The van der Waals surface area contributed by atoms with Gasteiger partial charge in [0, 0.05) is 23.9 Å². The molecule has 0 fully saturated rings. The van der Waals surface area contributed by atoms with Crippen LogP contribution in [0.4, 0.5) is 0 Å². The van der Waals surface area contributed by atoms with Crippen LogP contribution in [0.25, 0.3) is 0 Å². The molecule has 92 valence electrons. The number of hydrogen-bond donors (Lipinski definition) is 1. The minimum Gasteiger partial charge on any atom is -0.355 e. The van der Waals surface area contributed by atoms with Gasteiger partial charge in [-0.15, -0.1) is 0 Å². The van der Waals surface area contributed by atoms with Crippen molar-refractivity contribution in [2.45, 2.75) is 31.1 Å². The molecular weight excluding hydrogens is 234 g/mol. The summed E-state index contributed by atoms with van der Waals surface area (Å²) in [5.74, 6) is -0.112. The fraction of sp³-hybridized carbons (Fsp3) is 0.385. The second kappa shape index (κ2) is 7.12. The van der Waals surface area contributed by atoms with Gasteiger partial charge in [0.1, 0.15) is 0 Å². The van der Waals surface area contributed by atoms with E-state index in [4.69, 9.17) is 0 Å². The number of unbranched alkanes of at least 4 members (excludes halogenated alkanes) is 1. The van der Waals surface area contributed by atoms with Crippen molar-refractivity contribution in [1.29, 1.82) is 0 Å². The largest absolute Gasteiger partial charge is 0.355 e. The van der Waals surface area contributed by atoms with E-state index >= 15 is 0 Å². The molecule has 17 heavy (non-hydrogen) atoms. The average Bonchev–Trinajstić information content (AvgIpc) is 2.36. The summed E-state index contributed by atoms with van der Waals surface area (Å²) >= 11 is 1.24. The van der Waals surface area contributed by atoms with E-state index in [-0.39, 0.29) is 11.0 Å². The SMILES string of the molecule is CCCCC(=O)Sc1ccc(C(=O)NC)cc1. The Morgan fingerprint density at radius 2 is 1.88 bits per heavy atom. The van der Waals surface area contributed by atoms with Crippen LogP contribution in [0.1, 0.15) is 36.5 Å². The lowest BCUT2D eigenvalue weighted by Crippen LogP contribution is -2.17. The van der Waals surface area contributed by atoms with Crippen molar-refractivity contribution < 1.29 is 9.59 Å². The quantitative estimate of drug-likeness (QED) is 0.818. The summed E-state index contributed by atoms with van der Waals surface area (Å²) in [6.07, 6.45) is 2.57. The van der Waals surface area contributed by atoms with Gasteiger partial charge in [-0.05, 0) is 30.7 Å². The molecule has 1 amide bonds. The van der Waals surface area contributed by atoms with Crippen LogP contribution in [0.3, 0.4) is 0 Å². The average molecular weight is 251 g/mol. The number of thioether (sulfide) groups is 1. The Kier molecular flexibility index (Phi) is 5.77. The van der Waals surface area contributed by atoms with Gasteiger partial charge in [-0.3, -0.25) is 9.59 Å². The predicted octanol–water partition coefficient (Wildman–Crippen LogP) is 2.86. The molecule has 0 aliphatic rings. The highest BCUT2D eigenvalue weighted by Crippen LogP contribution is 2.21. The van der Waals surface area contributed by atoms with E-state index in [2.05, 4.69) is 12.2 Å². The molecule has 3 nitrogen and oxygen atoms in total. The van der Waals surface area contributed by atoms with Crippen LogP contribution in [-0.4, -0.2) is 18.1 Å². The second-order valence-corrected chi connectivity index (χ2v) is 4.81. The summed E-state index contributed by atoms with van der Waals surface area (Å²) in [5.41, 5.74) is 0.609. The third kappa shape index (κ3) is 4.61. The van der Waals surface area contributed by atoms with Crippen LogP contribution in [-0.2, 0) is 4.79 Å². The van der Waals surface area contributed by atoms with Crippen molar-refractivity contribution >= 4 is 22.8 Å². The van der Waals surface area contributed by atoms with Crippen molar-refractivity contribution in [2.24, 2.45) is 0 Å². The van der Waals surface area contributed by atoms with E-state index in [1.54, 1.807) is 31.3 Å². The molecule has 1 aromatic carbocycles. The Hall–Kier alpha value is -1.29. The smallest absolute Gasteiger partial charge is 0.251 e. The normalized spacial score (nSPS) is 10.0. The zero-order valence-electron chi connectivity index (χ0n) is 10.2. The lowest BCUT2D eigenvalue weighted by molar-refractivity contribution is -0.111. The summed E-state index contributed by atoms with van der Waals surface area (Å²) in [4.78, 5) is 23.7. The Bertz CT molecular complexity index is 387. The van der Waals surface area contributed by atoms with E-state index in [0.717, 1.165) is 17.7 Å². The first-order valence-electron chi connectivity index (χ1n) is 5.70. The molecule has 0 spiro atoms. The Morgan fingerprint density at radius 3 is 2.41 bits per heavy atom. The second-order valence-electron chi connectivity index (χ2n) is 3.68. The molecule has 0 saturated carbocycles. The number of rotatable bonds is 5. The van der Waals surface area contributed by atoms with Gasteiger partial charge in [-0.2, -0.15) is 0 Å². The van der Waals surface area contributed by atoms with Gasteiger partial charge >= 0.3 is 0 Å². The van der Waals surface area contributed by atoms with Crippen LogP contribution in [0.5, 0.6) is 0 Å². The van der Waals surface area contributed by atoms with Crippen LogP contribution in [0, 0.1) is 0 Å². The predicted molar refractivity (Wildman–Crippen MR) is 70.2 cm³/mol. The Labute approximate surface area is 106 Å². The fourth-order valence-electron chi connectivity index (χ4n) is 1.32. The van der Waals surface area contributed by atoms with Crippen LogP contribution in [0.2, 0.25) is 0 Å². The van der Waals surface area contributed by atoms with Gasteiger partial charge in [0.15, 0.2) is 5.12 Å². The molecule has 1 aromatic rings. The molecular formula is C13H17NO2S. The number of hydrogen-bond acceptors (Lipinski definition) is 3. The number of amides is 1.